The average molecular weight is 238 g/mol. The van der Waals surface area contributed by atoms with Gasteiger partial charge in [0.2, 0.25) is 5.88 Å². The van der Waals surface area contributed by atoms with Gasteiger partial charge in [0.25, 0.3) is 0 Å². The average Bonchev–Trinajstić information content (AvgIpc) is 2.60. The third kappa shape index (κ3) is 4.72. The summed E-state index contributed by atoms with van der Waals surface area (Å²) in [7, 11) is 0. The molecule has 0 unspecified atom stereocenters. The molecule has 1 heterocycles. The second-order valence-electron chi connectivity index (χ2n) is 4.82. The Morgan fingerprint density at radius 2 is 2.18 bits per heavy atom. The molecule has 17 heavy (non-hydrogen) atoms. The smallest absolute Gasteiger partial charge is 0.435 e. The van der Waals surface area contributed by atoms with Crippen LogP contribution in [0, 0.1) is 0 Å². The van der Waals surface area contributed by atoms with Crippen LogP contribution in [0.3, 0.4) is 0 Å². The first-order valence-corrected chi connectivity index (χ1v) is 5.34. The number of rotatable bonds is 3. The van der Waals surface area contributed by atoms with Gasteiger partial charge in [0.05, 0.1) is 0 Å². The Labute approximate surface area is 101 Å². The molecular weight excluding hydrogens is 220 g/mol. The van der Waals surface area contributed by atoms with E-state index < -0.39 is 11.7 Å². The van der Waals surface area contributed by atoms with Crippen molar-refractivity contribution in [1.29, 1.82) is 0 Å². The molecule has 0 N–H and O–H groups in total. The van der Waals surface area contributed by atoms with E-state index in [1.807, 2.05) is 6.92 Å². The fraction of sp³-hybridized carbons (Fsp3) is 0.500. The van der Waals surface area contributed by atoms with E-state index in [-0.39, 0.29) is 0 Å². The second kappa shape index (κ2) is 5.03. The number of nitrogens with zero attached hydrogens (tertiary/aromatic N) is 2. The first kappa shape index (κ1) is 13.3. The highest BCUT2D eigenvalue weighted by Crippen LogP contribution is 2.11. The Balaban J connectivity index is 2.61. The monoisotopic (exact) mass is 238 g/mol. The van der Waals surface area contributed by atoms with Crippen LogP contribution in [0.4, 0.5) is 4.79 Å². The van der Waals surface area contributed by atoms with Gasteiger partial charge < -0.3 is 9.47 Å². The molecule has 0 fully saturated rings. The summed E-state index contributed by atoms with van der Waals surface area (Å²) < 4.78 is 11.6. The highest BCUT2D eigenvalue weighted by Gasteiger charge is 2.18. The van der Waals surface area contributed by atoms with Crippen molar-refractivity contribution in [2.75, 3.05) is 6.61 Å². The fourth-order valence-electron chi connectivity index (χ4n) is 0.992. The zero-order chi connectivity index (χ0) is 13.1. The van der Waals surface area contributed by atoms with Crippen LogP contribution in [0.15, 0.2) is 24.4 Å². The number of ether oxygens (including phenoxy) is 2. The molecule has 0 aliphatic heterocycles. The first-order valence-electron chi connectivity index (χ1n) is 5.34. The fourth-order valence-corrected chi connectivity index (χ4v) is 0.992. The predicted octanol–water partition coefficient (Wildman–Crippen LogP) is 2.62. The molecule has 0 aliphatic rings. The third-order valence-corrected chi connectivity index (χ3v) is 1.61. The maximum atomic E-state index is 11.6. The lowest BCUT2D eigenvalue weighted by Crippen LogP contribution is -2.27. The Morgan fingerprint density at radius 1 is 1.53 bits per heavy atom. The largest absolute Gasteiger partial charge is 0.472 e. The van der Waals surface area contributed by atoms with E-state index >= 15 is 0 Å². The summed E-state index contributed by atoms with van der Waals surface area (Å²) >= 11 is 0. The van der Waals surface area contributed by atoms with Gasteiger partial charge in [-0.15, -0.1) is 5.10 Å². The Bertz CT molecular complexity index is 416. The third-order valence-electron chi connectivity index (χ3n) is 1.61. The van der Waals surface area contributed by atoms with E-state index in [0.717, 1.165) is 10.3 Å². The van der Waals surface area contributed by atoms with Crippen molar-refractivity contribution in [3.05, 3.63) is 24.4 Å². The van der Waals surface area contributed by atoms with E-state index in [9.17, 15) is 4.79 Å². The lowest BCUT2D eigenvalue weighted by atomic mass is 10.2. The minimum absolute atomic E-state index is 0.374. The molecule has 5 nitrogen and oxygen atoms in total. The van der Waals surface area contributed by atoms with Gasteiger partial charge >= 0.3 is 6.09 Å². The summed E-state index contributed by atoms with van der Waals surface area (Å²) in [5.74, 6) is 0.374. The van der Waals surface area contributed by atoms with Crippen molar-refractivity contribution < 1.29 is 14.3 Å². The van der Waals surface area contributed by atoms with Crippen LogP contribution in [-0.4, -0.2) is 28.1 Å². The molecule has 0 saturated carbocycles. The van der Waals surface area contributed by atoms with Crippen LogP contribution in [0.25, 0.3) is 0 Å². The maximum absolute atomic E-state index is 11.6. The molecule has 1 rings (SSSR count). The van der Waals surface area contributed by atoms with Gasteiger partial charge in [-0.3, -0.25) is 0 Å². The molecule has 0 spiro atoms. The van der Waals surface area contributed by atoms with Gasteiger partial charge in [0.15, 0.2) is 0 Å². The highest BCUT2D eigenvalue weighted by molar-refractivity contribution is 5.69. The van der Waals surface area contributed by atoms with E-state index in [4.69, 9.17) is 9.47 Å². The molecule has 94 valence electrons. The molecule has 0 saturated heterocycles. The Kier molecular flexibility index (Phi) is 3.93. The van der Waals surface area contributed by atoms with Crippen molar-refractivity contribution in [1.82, 2.24) is 9.78 Å². The van der Waals surface area contributed by atoms with E-state index in [0.29, 0.717) is 12.5 Å². The van der Waals surface area contributed by atoms with Gasteiger partial charge in [0.1, 0.15) is 12.2 Å². The topological polar surface area (TPSA) is 53.4 Å². The van der Waals surface area contributed by atoms with E-state index in [1.165, 1.54) is 6.20 Å². The number of carbonyl (C=O) groups excluding carboxylic acids is 1. The first-order chi connectivity index (χ1) is 7.78. The molecule has 0 radical (unpaired) electrons. The van der Waals surface area contributed by atoms with Crippen LogP contribution in [0.5, 0.6) is 5.88 Å². The second-order valence-corrected chi connectivity index (χ2v) is 4.82. The molecule has 0 atom stereocenters. The van der Waals surface area contributed by atoms with Crippen molar-refractivity contribution in [3.63, 3.8) is 0 Å². The Morgan fingerprint density at radius 3 is 2.71 bits per heavy atom. The quantitative estimate of drug-likeness (QED) is 0.759. The van der Waals surface area contributed by atoms with Crippen LogP contribution in [0.1, 0.15) is 27.7 Å². The lowest BCUT2D eigenvalue weighted by Gasteiger charge is -2.18. The normalized spacial score (nSPS) is 11.1. The van der Waals surface area contributed by atoms with Gasteiger partial charge in [0, 0.05) is 12.3 Å². The maximum Gasteiger partial charge on any atom is 0.435 e. The molecule has 0 bridgehead atoms. The van der Waals surface area contributed by atoms with Crippen LogP contribution in [-0.2, 0) is 4.74 Å². The van der Waals surface area contributed by atoms with Gasteiger partial charge in [-0.2, -0.15) is 4.68 Å². The number of hydrogen-bond donors (Lipinski definition) is 0. The van der Waals surface area contributed by atoms with Crippen LogP contribution in [0.2, 0.25) is 0 Å². The summed E-state index contributed by atoms with van der Waals surface area (Å²) in [6.07, 6.45) is 0.977. The summed E-state index contributed by atoms with van der Waals surface area (Å²) in [6, 6.07) is 1.60. The van der Waals surface area contributed by atoms with Crippen molar-refractivity contribution in [3.8, 4) is 5.88 Å². The van der Waals surface area contributed by atoms with Crippen molar-refractivity contribution >= 4 is 6.09 Å². The SMILES string of the molecule is C=C(C)COc1ccn(C(=O)OC(C)(C)C)n1. The summed E-state index contributed by atoms with van der Waals surface area (Å²) in [5.41, 5.74) is 0.346. The van der Waals surface area contributed by atoms with Crippen molar-refractivity contribution in [2.24, 2.45) is 0 Å². The van der Waals surface area contributed by atoms with E-state index in [2.05, 4.69) is 11.7 Å². The molecule has 0 aliphatic carbocycles. The van der Waals surface area contributed by atoms with Crippen molar-refractivity contribution in [2.45, 2.75) is 33.3 Å². The minimum atomic E-state index is -0.540. The summed E-state index contributed by atoms with van der Waals surface area (Å²) in [5, 5.41) is 3.95. The number of hydrogen-bond acceptors (Lipinski definition) is 4. The number of aromatic nitrogens is 2. The molecule has 0 aromatic carbocycles. The highest BCUT2D eigenvalue weighted by atomic mass is 16.6. The van der Waals surface area contributed by atoms with Gasteiger partial charge in [-0.25, -0.2) is 4.79 Å². The zero-order valence-corrected chi connectivity index (χ0v) is 10.7. The molecule has 5 heteroatoms. The van der Waals surface area contributed by atoms with Crippen LogP contribution < -0.4 is 4.74 Å². The van der Waals surface area contributed by atoms with Gasteiger partial charge in [-0.1, -0.05) is 6.58 Å². The van der Waals surface area contributed by atoms with E-state index in [1.54, 1.807) is 26.8 Å². The van der Waals surface area contributed by atoms with Gasteiger partial charge in [-0.05, 0) is 33.3 Å². The molecule has 0 amide bonds. The van der Waals surface area contributed by atoms with Crippen LogP contribution >= 0.6 is 0 Å². The Hall–Kier alpha value is -1.78. The molecular formula is C12H18N2O3. The summed E-state index contributed by atoms with van der Waals surface area (Å²) in [4.78, 5) is 11.6. The minimum Gasteiger partial charge on any atom is -0.472 e. The predicted molar refractivity (Wildman–Crippen MR) is 64.2 cm³/mol. The zero-order valence-electron chi connectivity index (χ0n) is 10.7. The standard InChI is InChI=1S/C12H18N2O3/c1-9(2)8-16-10-6-7-14(13-10)11(15)17-12(3,4)5/h6-7H,1,8H2,2-5H3. The summed E-state index contributed by atoms with van der Waals surface area (Å²) in [6.45, 7) is 11.3. The lowest BCUT2D eigenvalue weighted by molar-refractivity contribution is 0.0512. The number of carbonyl (C=O) groups is 1. The molecule has 1 aromatic rings. The molecule has 1 aromatic heterocycles.